The van der Waals surface area contributed by atoms with Gasteiger partial charge in [0, 0.05) is 5.69 Å². The van der Waals surface area contributed by atoms with Crippen LogP contribution in [0.4, 0.5) is 5.69 Å². The van der Waals surface area contributed by atoms with E-state index in [4.69, 9.17) is 4.74 Å². The van der Waals surface area contributed by atoms with E-state index in [1.54, 1.807) is 0 Å². The number of benzene rings is 2. The van der Waals surface area contributed by atoms with Crippen molar-refractivity contribution in [3.05, 3.63) is 65.7 Å². The molecule has 0 radical (unpaired) electrons. The lowest BCUT2D eigenvalue weighted by atomic mass is 9.83. The smallest absolute Gasteiger partial charge is 0.311 e. The zero-order chi connectivity index (χ0) is 14.7. The summed E-state index contributed by atoms with van der Waals surface area (Å²) in [6, 6.07) is 18.2. The van der Waals surface area contributed by atoms with Crippen molar-refractivity contribution in [3.63, 3.8) is 0 Å². The van der Waals surface area contributed by atoms with Gasteiger partial charge in [-0.05, 0) is 30.5 Å². The lowest BCUT2D eigenvalue weighted by Crippen LogP contribution is -2.34. The molecule has 3 nitrogen and oxygen atoms in total. The van der Waals surface area contributed by atoms with Crippen LogP contribution < -0.4 is 5.32 Å². The predicted molar refractivity (Wildman–Crippen MR) is 83.1 cm³/mol. The molecule has 0 saturated heterocycles. The molecule has 21 heavy (non-hydrogen) atoms. The minimum atomic E-state index is -0.192. The Bertz CT molecular complexity index is 624. The van der Waals surface area contributed by atoms with Gasteiger partial charge >= 0.3 is 5.97 Å². The molecule has 2 atom stereocenters. The number of hydrogen-bond donors (Lipinski definition) is 1. The molecule has 3 heteroatoms. The van der Waals surface area contributed by atoms with E-state index in [1.165, 1.54) is 5.56 Å². The number of hydrogen-bond acceptors (Lipinski definition) is 3. The Morgan fingerprint density at radius 2 is 1.86 bits per heavy atom. The van der Waals surface area contributed by atoms with Crippen molar-refractivity contribution in [2.75, 3.05) is 11.9 Å². The van der Waals surface area contributed by atoms with Crippen molar-refractivity contribution in [1.82, 2.24) is 0 Å². The van der Waals surface area contributed by atoms with Crippen LogP contribution in [0.2, 0.25) is 0 Å². The number of ether oxygens (including phenoxy) is 1. The second-order valence-electron chi connectivity index (χ2n) is 5.25. The van der Waals surface area contributed by atoms with Crippen LogP contribution in [0.5, 0.6) is 0 Å². The van der Waals surface area contributed by atoms with Crippen LogP contribution in [-0.4, -0.2) is 12.6 Å². The standard InChI is InChI=1S/C18H19NO2/c1-2-21-18(20)15-12-14-10-6-7-11-16(14)19-17(15)13-8-4-3-5-9-13/h3-11,15,17,19H,2,12H2,1H3. The molecule has 0 amide bonds. The average Bonchev–Trinajstić information content (AvgIpc) is 2.54. The lowest BCUT2D eigenvalue weighted by Gasteiger charge is -2.33. The monoisotopic (exact) mass is 281 g/mol. The summed E-state index contributed by atoms with van der Waals surface area (Å²) in [6.45, 7) is 2.26. The number of fused-ring (bicyclic) bond motifs is 1. The molecule has 3 rings (SSSR count). The summed E-state index contributed by atoms with van der Waals surface area (Å²) in [6.07, 6.45) is 0.710. The molecule has 0 bridgehead atoms. The molecule has 2 unspecified atom stereocenters. The Morgan fingerprint density at radius 1 is 1.14 bits per heavy atom. The Kier molecular flexibility index (Phi) is 3.91. The third-order valence-electron chi connectivity index (χ3n) is 3.92. The third-order valence-corrected chi connectivity index (χ3v) is 3.92. The highest BCUT2D eigenvalue weighted by Gasteiger charge is 2.35. The second kappa shape index (κ2) is 6.00. The Morgan fingerprint density at radius 3 is 2.62 bits per heavy atom. The number of para-hydroxylation sites is 1. The summed E-state index contributed by atoms with van der Waals surface area (Å²) in [5, 5.41) is 3.50. The Balaban J connectivity index is 1.96. The highest BCUT2D eigenvalue weighted by atomic mass is 16.5. The maximum absolute atomic E-state index is 12.3. The van der Waals surface area contributed by atoms with Crippen molar-refractivity contribution in [2.45, 2.75) is 19.4 Å². The minimum absolute atomic E-state index is 0.0415. The number of anilines is 1. The molecule has 1 heterocycles. The number of rotatable bonds is 3. The summed E-state index contributed by atoms with van der Waals surface area (Å²) < 4.78 is 5.27. The van der Waals surface area contributed by atoms with E-state index >= 15 is 0 Å². The van der Waals surface area contributed by atoms with Crippen molar-refractivity contribution in [3.8, 4) is 0 Å². The van der Waals surface area contributed by atoms with Crippen molar-refractivity contribution >= 4 is 11.7 Å². The highest BCUT2D eigenvalue weighted by molar-refractivity contribution is 5.77. The molecule has 0 aliphatic carbocycles. The van der Waals surface area contributed by atoms with E-state index < -0.39 is 0 Å². The van der Waals surface area contributed by atoms with Gasteiger partial charge in [-0.2, -0.15) is 0 Å². The fourth-order valence-corrected chi connectivity index (χ4v) is 2.91. The van der Waals surface area contributed by atoms with E-state index in [0.29, 0.717) is 13.0 Å². The van der Waals surface area contributed by atoms with Gasteiger partial charge in [0.05, 0.1) is 18.6 Å². The summed E-state index contributed by atoms with van der Waals surface area (Å²) >= 11 is 0. The van der Waals surface area contributed by atoms with E-state index in [1.807, 2.05) is 37.3 Å². The summed E-state index contributed by atoms with van der Waals surface area (Å²) in [5.74, 6) is -0.324. The molecule has 0 fully saturated rings. The average molecular weight is 281 g/mol. The van der Waals surface area contributed by atoms with Crippen LogP contribution in [0.25, 0.3) is 0 Å². The minimum Gasteiger partial charge on any atom is -0.466 e. The molecule has 0 saturated carbocycles. The fourth-order valence-electron chi connectivity index (χ4n) is 2.91. The first-order valence-corrected chi connectivity index (χ1v) is 7.35. The number of esters is 1. The molecule has 1 aliphatic heterocycles. The molecule has 0 spiro atoms. The van der Waals surface area contributed by atoms with Crippen LogP contribution in [-0.2, 0) is 16.0 Å². The maximum atomic E-state index is 12.3. The van der Waals surface area contributed by atoms with Gasteiger partial charge in [0.1, 0.15) is 0 Å². The number of carbonyl (C=O) groups is 1. The number of nitrogens with one attached hydrogen (secondary N) is 1. The van der Waals surface area contributed by atoms with Gasteiger partial charge in [0.15, 0.2) is 0 Å². The third kappa shape index (κ3) is 2.77. The zero-order valence-electron chi connectivity index (χ0n) is 12.1. The van der Waals surface area contributed by atoms with Crippen molar-refractivity contribution in [2.24, 2.45) is 5.92 Å². The molecule has 1 N–H and O–H groups in total. The van der Waals surface area contributed by atoms with Crippen LogP contribution in [0.3, 0.4) is 0 Å². The van der Waals surface area contributed by atoms with Gasteiger partial charge in [-0.25, -0.2) is 0 Å². The fraction of sp³-hybridized carbons (Fsp3) is 0.278. The number of carbonyl (C=O) groups excluding carboxylic acids is 1. The predicted octanol–water partition coefficient (Wildman–Crippen LogP) is 3.58. The van der Waals surface area contributed by atoms with E-state index in [2.05, 4.69) is 29.6 Å². The van der Waals surface area contributed by atoms with Crippen molar-refractivity contribution < 1.29 is 9.53 Å². The first kappa shape index (κ1) is 13.7. The van der Waals surface area contributed by atoms with Crippen LogP contribution >= 0.6 is 0 Å². The molecule has 2 aromatic carbocycles. The quantitative estimate of drug-likeness (QED) is 0.874. The van der Waals surface area contributed by atoms with Gasteiger partial charge in [0.25, 0.3) is 0 Å². The lowest BCUT2D eigenvalue weighted by molar-refractivity contribution is -0.148. The molecule has 0 aromatic heterocycles. The van der Waals surface area contributed by atoms with Gasteiger partial charge in [-0.15, -0.1) is 0 Å². The van der Waals surface area contributed by atoms with Gasteiger partial charge < -0.3 is 10.1 Å². The second-order valence-corrected chi connectivity index (χ2v) is 5.25. The molecule has 1 aliphatic rings. The first-order valence-electron chi connectivity index (χ1n) is 7.35. The van der Waals surface area contributed by atoms with Gasteiger partial charge in [-0.1, -0.05) is 48.5 Å². The largest absolute Gasteiger partial charge is 0.466 e. The van der Waals surface area contributed by atoms with E-state index in [9.17, 15) is 4.79 Å². The molecule has 2 aromatic rings. The first-order chi connectivity index (χ1) is 10.3. The van der Waals surface area contributed by atoms with Crippen LogP contribution in [0, 0.1) is 5.92 Å². The Hall–Kier alpha value is -2.29. The summed E-state index contributed by atoms with van der Waals surface area (Å²) in [4.78, 5) is 12.3. The van der Waals surface area contributed by atoms with Crippen LogP contribution in [0.1, 0.15) is 24.1 Å². The van der Waals surface area contributed by atoms with Crippen LogP contribution in [0.15, 0.2) is 54.6 Å². The van der Waals surface area contributed by atoms with Gasteiger partial charge in [0.2, 0.25) is 0 Å². The topological polar surface area (TPSA) is 38.3 Å². The maximum Gasteiger partial charge on any atom is 0.311 e. The van der Waals surface area contributed by atoms with Crippen molar-refractivity contribution in [1.29, 1.82) is 0 Å². The summed E-state index contributed by atoms with van der Waals surface area (Å²) in [5.41, 5.74) is 3.39. The normalized spacial score (nSPS) is 20.2. The van der Waals surface area contributed by atoms with E-state index in [0.717, 1.165) is 11.3 Å². The molecular formula is C18H19NO2. The van der Waals surface area contributed by atoms with E-state index in [-0.39, 0.29) is 17.9 Å². The van der Waals surface area contributed by atoms with Gasteiger partial charge in [-0.3, -0.25) is 4.79 Å². The summed E-state index contributed by atoms with van der Waals surface area (Å²) in [7, 11) is 0. The molecule has 108 valence electrons. The zero-order valence-corrected chi connectivity index (χ0v) is 12.1. The highest BCUT2D eigenvalue weighted by Crippen LogP contribution is 2.37. The Labute approximate surface area is 124 Å². The SMILES string of the molecule is CCOC(=O)C1Cc2ccccc2NC1c1ccccc1. The molecular weight excluding hydrogens is 262 g/mol.